The van der Waals surface area contributed by atoms with Crippen molar-refractivity contribution in [3.63, 3.8) is 0 Å². The predicted molar refractivity (Wildman–Crippen MR) is 88.7 cm³/mol. The smallest absolute Gasteiger partial charge is 0.233 e. The summed E-state index contributed by atoms with van der Waals surface area (Å²) in [6.07, 6.45) is 1.98. The summed E-state index contributed by atoms with van der Waals surface area (Å²) in [5.41, 5.74) is 0. The molecule has 1 aromatic rings. The van der Waals surface area contributed by atoms with Crippen molar-refractivity contribution >= 4 is 40.8 Å². The predicted octanol–water partition coefficient (Wildman–Crippen LogP) is 3.49. The van der Waals surface area contributed by atoms with E-state index in [-0.39, 0.29) is 5.91 Å². The van der Waals surface area contributed by atoms with Crippen LogP contribution in [0.5, 0.6) is 0 Å². The Morgan fingerprint density at radius 1 is 1.15 bits per heavy atom. The summed E-state index contributed by atoms with van der Waals surface area (Å²) in [5, 5.41) is 8.12. The summed E-state index contributed by atoms with van der Waals surface area (Å²) >= 11 is 4.62. The van der Waals surface area contributed by atoms with Crippen molar-refractivity contribution in [3.8, 4) is 0 Å². The van der Waals surface area contributed by atoms with Gasteiger partial charge in [0.1, 0.15) is 0 Å². The molecule has 0 unspecified atom stereocenters. The molecule has 0 radical (unpaired) electrons. The Kier molecular flexibility index (Phi) is 7.91. The van der Waals surface area contributed by atoms with Crippen molar-refractivity contribution in [1.29, 1.82) is 0 Å². The fourth-order valence-corrected chi connectivity index (χ4v) is 4.05. The van der Waals surface area contributed by atoms with Gasteiger partial charge in [-0.3, -0.25) is 4.79 Å². The second kappa shape index (κ2) is 8.89. The van der Waals surface area contributed by atoms with Crippen LogP contribution in [-0.2, 0) is 4.79 Å². The van der Waals surface area contributed by atoms with Crippen LogP contribution in [0.2, 0.25) is 0 Å². The number of nitrogens with zero attached hydrogens (tertiary/aromatic N) is 3. The molecule has 4 nitrogen and oxygen atoms in total. The highest BCUT2D eigenvalue weighted by molar-refractivity contribution is 8.03. The molecule has 1 aromatic heterocycles. The molecule has 1 rings (SSSR count). The molecule has 0 N–H and O–H groups in total. The molecule has 0 saturated carbocycles. The van der Waals surface area contributed by atoms with E-state index in [2.05, 4.69) is 37.9 Å². The van der Waals surface area contributed by atoms with E-state index in [4.69, 9.17) is 0 Å². The highest BCUT2D eigenvalue weighted by atomic mass is 32.2. The van der Waals surface area contributed by atoms with E-state index in [1.54, 1.807) is 23.1 Å². The first-order valence-corrected chi connectivity index (χ1v) is 9.73. The lowest BCUT2D eigenvalue weighted by atomic mass is 10.1. The van der Waals surface area contributed by atoms with Crippen LogP contribution in [0.25, 0.3) is 0 Å². The summed E-state index contributed by atoms with van der Waals surface area (Å²) in [7, 11) is 0. The van der Waals surface area contributed by atoms with E-state index in [0.717, 1.165) is 21.8 Å². The molecule has 0 spiro atoms. The number of aromatic nitrogens is 2. The SMILES string of the molecule is CSc1nnc(SCC(=O)N(CC(C)C)CC(C)C)s1. The topological polar surface area (TPSA) is 46.1 Å². The molecule has 0 atom stereocenters. The Morgan fingerprint density at radius 2 is 1.70 bits per heavy atom. The van der Waals surface area contributed by atoms with Crippen molar-refractivity contribution in [1.82, 2.24) is 15.1 Å². The molecular formula is C13H23N3OS3. The number of carbonyl (C=O) groups is 1. The van der Waals surface area contributed by atoms with E-state index < -0.39 is 0 Å². The normalized spacial score (nSPS) is 11.3. The number of hydrogen-bond acceptors (Lipinski definition) is 6. The van der Waals surface area contributed by atoms with Crippen molar-refractivity contribution in [2.75, 3.05) is 25.1 Å². The zero-order chi connectivity index (χ0) is 15.1. The molecule has 0 aliphatic heterocycles. The van der Waals surface area contributed by atoms with E-state index in [1.165, 1.54) is 11.8 Å². The monoisotopic (exact) mass is 333 g/mol. The van der Waals surface area contributed by atoms with Gasteiger partial charge in [-0.25, -0.2) is 0 Å². The molecular weight excluding hydrogens is 310 g/mol. The molecule has 0 saturated heterocycles. The van der Waals surface area contributed by atoms with E-state index in [0.29, 0.717) is 17.6 Å². The average Bonchev–Trinajstić information content (AvgIpc) is 2.82. The molecule has 0 aliphatic rings. The lowest BCUT2D eigenvalue weighted by molar-refractivity contribution is -0.129. The zero-order valence-corrected chi connectivity index (χ0v) is 15.2. The molecule has 1 amide bonds. The number of thioether (sulfide) groups is 2. The molecule has 1 heterocycles. The number of carbonyl (C=O) groups excluding carboxylic acids is 1. The van der Waals surface area contributed by atoms with Crippen LogP contribution < -0.4 is 0 Å². The molecule has 0 aliphatic carbocycles. The zero-order valence-electron chi connectivity index (χ0n) is 12.8. The average molecular weight is 334 g/mol. The van der Waals surface area contributed by atoms with Gasteiger partial charge in [-0.05, 0) is 18.1 Å². The summed E-state index contributed by atoms with van der Waals surface area (Å²) < 4.78 is 1.82. The van der Waals surface area contributed by atoms with Crippen LogP contribution in [0, 0.1) is 11.8 Å². The largest absolute Gasteiger partial charge is 0.341 e. The van der Waals surface area contributed by atoms with Crippen LogP contribution in [0.1, 0.15) is 27.7 Å². The summed E-state index contributed by atoms with van der Waals surface area (Å²) in [4.78, 5) is 14.3. The minimum atomic E-state index is 0.193. The maximum Gasteiger partial charge on any atom is 0.233 e. The minimum absolute atomic E-state index is 0.193. The number of amides is 1. The van der Waals surface area contributed by atoms with E-state index in [1.807, 2.05) is 11.2 Å². The first kappa shape index (κ1) is 17.8. The van der Waals surface area contributed by atoms with Crippen LogP contribution in [0.4, 0.5) is 0 Å². The molecule has 0 fully saturated rings. The van der Waals surface area contributed by atoms with Crippen LogP contribution in [-0.4, -0.2) is 46.1 Å². The van der Waals surface area contributed by atoms with Gasteiger partial charge in [0, 0.05) is 13.1 Å². The standard InChI is InChI=1S/C13H23N3OS3/c1-9(2)6-16(7-10(3)4)11(17)8-19-13-15-14-12(18-5)20-13/h9-10H,6-8H2,1-5H3. The summed E-state index contributed by atoms with van der Waals surface area (Å²) in [5.74, 6) is 1.63. The van der Waals surface area contributed by atoms with E-state index >= 15 is 0 Å². The maximum atomic E-state index is 12.3. The molecule has 0 bridgehead atoms. The summed E-state index contributed by atoms with van der Waals surface area (Å²) in [6.45, 7) is 10.2. The quantitative estimate of drug-likeness (QED) is 0.681. The number of hydrogen-bond donors (Lipinski definition) is 0. The third kappa shape index (κ3) is 6.45. The van der Waals surface area contributed by atoms with Gasteiger partial charge < -0.3 is 4.90 Å². The van der Waals surface area contributed by atoms with Gasteiger partial charge >= 0.3 is 0 Å². The van der Waals surface area contributed by atoms with Gasteiger partial charge in [0.25, 0.3) is 0 Å². The van der Waals surface area contributed by atoms with Gasteiger partial charge in [0.05, 0.1) is 5.75 Å². The minimum Gasteiger partial charge on any atom is -0.341 e. The van der Waals surface area contributed by atoms with Gasteiger partial charge in [-0.1, -0.05) is 62.6 Å². The van der Waals surface area contributed by atoms with Crippen molar-refractivity contribution in [2.24, 2.45) is 11.8 Å². The summed E-state index contributed by atoms with van der Waals surface area (Å²) in [6, 6.07) is 0. The van der Waals surface area contributed by atoms with Gasteiger partial charge in [-0.15, -0.1) is 10.2 Å². The van der Waals surface area contributed by atoms with Crippen molar-refractivity contribution < 1.29 is 4.79 Å². The lowest BCUT2D eigenvalue weighted by Gasteiger charge is -2.26. The van der Waals surface area contributed by atoms with Gasteiger partial charge in [-0.2, -0.15) is 0 Å². The third-order valence-electron chi connectivity index (χ3n) is 2.41. The van der Waals surface area contributed by atoms with Crippen molar-refractivity contribution in [3.05, 3.63) is 0 Å². The van der Waals surface area contributed by atoms with Gasteiger partial charge in [0.15, 0.2) is 8.68 Å². The number of rotatable bonds is 8. The molecule has 0 aromatic carbocycles. The Hall–Kier alpha value is -0.270. The molecule has 114 valence electrons. The molecule has 20 heavy (non-hydrogen) atoms. The second-order valence-corrected chi connectivity index (χ2v) is 8.67. The maximum absolute atomic E-state index is 12.3. The Bertz CT molecular complexity index is 411. The van der Waals surface area contributed by atoms with E-state index in [9.17, 15) is 4.79 Å². The third-order valence-corrected chi connectivity index (χ3v) is 5.42. The fraction of sp³-hybridized carbons (Fsp3) is 0.769. The Labute approximate surface area is 134 Å². The second-order valence-electron chi connectivity index (χ2n) is 5.41. The highest BCUT2D eigenvalue weighted by Crippen LogP contribution is 2.27. The van der Waals surface area contributed by atoms with Crippen LogP contribution in [0.15, 0.2) is 8.68 Å². The van der Waals surface area contributed by atoms with Crippen LogP contribution in [0.3, 0.4) is 0 Å². The Morgan fingerprint density at radius 3 is 2.15 bits per heavy atom. The lowest BCUT2D eigenvalue weighted by Crippen LogP contribution is -2.38. The molecule has 7 heteroatoms. The Balaban J connectivity index is 2.52. The highest BCUT2D eigenvalue weighted by Gasteiger charge is 2.17. The first-order chi connectivity index (χ1) is 9.42. The van der Waals surface area contributed by atoms with Gasteiger partial charge in [0.2, 0.25) is 5.91 Å². The first-order valence-electron chi connectivity index (χ1n) is 6.70. The van der Waals surface area contributed by atoms with Crippen molar-refractivity contribution in [2.45, 2.75) is 36.4 Å². The fourth-order valence-electron chi connectivity index (χ4n) is 1.71. The van der Waals surface area contributed by atoms with Crippen LogP contribution >= 0.6 is 34.9 Å².